The third-order valence-electron chi connectivity index (χ3n) is 2.31. The highest BCUT2D eigenvalue weighted by Crippen LogP contribution is 2.21. The highest BCUT2D eigenvalue weighted by molar-refractivity contribution is 6.17. The lowest BCUT2D eigenvalue weighted by molar-refractivity contribution is 0.903. The van der Waals surface area contributed by atoms with Crippen molar-refractivity contribution >= 4 is 17.3 Å². The molecule has 0 N–H and O–H groups in total. The van der Waals surface area contributed by atoms with Gasteiger partial charge in [-0.1, -0.05) is 6.07 Å². The van der Waals surface area contributed by atoms with Crippen molar-refractivity contribution < 1.29 is 0 Å². The summed E-state index contributed by atoms with van der Waals surface area (Å²) in [4.78, 5) is 1.90. The van der Waals surface area contributed by atoms with E-state index in [1.165, 1.54) is 0 Å². The Balaban J connectivity index is 2.96. The Labute approximate surface area is 100 Å². The van der Waals surface area contributed by atoms with Crippen LogP contribution in [-0.4, -0.2) is 13.6 Å². The lowest BCUT2D eigenvalue weighted by Gasteiger charge is -2.19. The van der Waals surface area contributed by atoms with E-state index in [0.29, 0.717) is 24.4 Å². The first-order valence-electron chi connectivity index (χ1n) is 4.90. The fourth-order valence-electron chi connectivity index (χ4n) is 1.43. The van der Waals surface area contributed by atoms with Crippen molar-refractivity contribution in [3.05, 3.63) is 29.3 Å². The third kappa shape index (κ3) is 2.89. The normalized spacial score (nSPS) is 9.25. The minimum Gasteiger partial charge on any atom is -0.372 e. The molecular formula is C12H12ClN3. The fourth-order valence-corrected chi connectivity index (χ4v) is 1.59. The van der Waals surface area contributed by atoms with Gasteiger partial charge >= 0.3 is 0 Å². The van der Waals surface area contributed by atoms with Crippen LogP contribution in [0.1, 0.15) is 17.5 Å². The molecule has 16 heavy (non-hydrogen) atoms. The molecule has 0 saturated heterocycles. The van der Waals surface area contributed by atoms with Crippen LogP contribution in [0.15, 0.2) is 18.2 Å². The van der Waals surface area contributed by atoms with E-state index in [4.69, 9.17) is 22.1 Å². The molecule has 0 amide bonds. The summed E-state index contributed by atoms with van der Waals surface area (Å²) in [7, 11) is 1.87. The van der Waals surface area contributed by atoms with Gasteiger partial charge in [-0.15, -0.1) is 11.6 Å². The van der Waals surface area contributed by atoms with Gasteiger partial charge in [0.1, 0.15) is 6.07 Å². The maximum Gasteiger partial charge on any atom is 0.101 e. The SMILES string of the molecule is CN(CCC#N)c1ccc(CCl)cc1C#N. The van der Waals surface area contributed by atoms with Crippen molar-refractivity contribution in [3.63, 3.8) is 0 Å². The van der Waals surface area contributed by atoms with Gasteiger partial charge in [-0.2, -0.15) is 10.5 Å². The van der Waals surface area contributed by atoms with Crippen LogP contribution in [-0.2, 0) is 5.88 Å². The molecule has 0 saturated carbocycles. The van der Waals surface area contributed by atoms with Crippen LogP contribution in [0.4, 0.5) is 5.69 Å². The number of halogens is 1. The fraction of sp³-hybridized carbons (Fsp3) is 0.333. The van der Waals surface area contributed by atoms with E-state index < -0.39 is 0 Å². The van der Waals surface area contributed by atoms with Crippen molar-refractivity contribution in [1.29, 1.82) is 10.5 Å². The first-order valence-corrected chi connectivity index (χ1v) is 5.43. The largest absolute Gasteiger partial charge is 0.372 e. The molecule has 1 aromatic carbocycles. The van der Waals surface area contributed by atoms with Crippen LogP contribution in [0, 0.1) is 22.7 Å². The van der Waals surface area contributed by atoms with Gasteiger partial charge in [0.05, 0.1) is 23.7 Å². The minimum atomic E-state index is 0.400. The topological polar surface area (TPSA) is 50.8 Å². The smallest absolute Gasteiger partial charge is 0.101 e. The molecule has 0 fully saturated rings. The summed E-state index contributed by atoms with van der Waals surface area (Å²) >= 11 is 5.71. The quantitative estimate of drug-likeness (QED) is 0.752. The van der Waals surface area contributed by atoms with Crippen LogP contribution in [0.2, 0.25) is 0 Å². The molecular weight excluding hydrogens is 222 g/mol. The number of nitriles is 2. The van der Waals surface area contributed by atoms with Gasteiger partial charge in [0.25, 0.3) is 0 Å². The van der Waals surface area contributed by atoms with E-state index in [1.54, 1.807) is 6.07 Å². The van der Waals surface area contributed by atoms with Crippen molar-refractivity contribution in [2.24, 2.45) is 0 Å². The van der Waals surface area contributed by atoms with Gasteiger partial charge in [-0.25, -0.2) is 0 Å². The second kappa shape index (κ2) is 6.00. The first kappa shape index (κ1) is 12.4. The Bertz CT molecular complexity index is 443. The number of hydrogen-bond donors (Lipinski definition) is 0. The molecule has 0 aromatic heterocycles. The van der Waals surface area contributed by atoms with Gasteiger partial charge in [-0.05, 0) is 17.7 Å². The van der Waals surface area contributed by atoms with E-state index in [9.17, 15) is 0 Å². The highest BCUT2D eigenvalue weighted by atomic mass is 35.5. The number of alkyl halides is 1. The van der Waals surface area contributed by atoms with Crippen LogP contribution in [0.5, 0.6) is 0 Å². The zero-order valence-corrected chi connectivity index (χ0v) is 9.83. The molecule has 0 atom stereocenters. The Morgan fingerprint density at radius 1 is 1.38 bits per heavy atom. The number of hydrogen-bond acceptors (Lipinski definition) is 3. The van der Waals surface area contributed by atoms with E-state index in [2.05, 4.69) is 12.1 Å². The second-order valence-electron chi connectivity index (χ2n) is 3.43. The maximum absolute atomic E-state index is 9.03. The van der Waals surface area contributed by atoms with Crippen LogP contribution >= 0.6 is 11.6 Å². The average Bonchev–Trinajstić information content (AvgIpc) is 2.34. The molecule has 0 aliphatic heterocycles. The molecule has 0 bridgehead atoms. The van der Waals surface area contributed by atoms with Gasteiger partial charge < -0.3 is 4.90 Å². The summed E-state index contributed by atoms with van der Waals surface area (Å²) in [6, 6.07) is 9.77. The Hall–Kier alpha value is -1.71. The minimum absolute atomic E-state index is 0.400. The molecule has 3 nitrogen and oxygen atoms in total. The summed E-state index contributed by atoms with van der Waals surface area (Å²) in [5.41, 5.74) is 2.36. The van der Waals surface area contributed by atoms with E-state index >= 15 is 0 Å². The number of benzene rings is 1. The summed E-state index contributed by atoms with van der Waals surface area (Å²) in [5, 5.41) is 17.5. The molecule has 0 aliphatic rings. The highest BCUT2D eigenvalue weighted by Gasteiger charge is 2.07. The molecule has 1 rings (SSSR count). The Morgan fingerprint density at radius 2 is 2.12 bits per heavy atom. The van der Waals surface area contributed by atoms with Gasteiger partial charge in [-0.3, -0.25) is 0 Å². The molecule has 1 aromatic rings. The first-order chi connectivity index (χ1) is 7.72. The molecule has 4 heteroatoms. The lowest BCUT2D eigenvalue weighted by atomic mass is 10.1. The summed E-state index contributed by atoms with van der Waals surface area (Å²) in [6.07, 6.45) is 0.443. The molecule has 0 aliphatic carbocycles. The zero-order chi connectivity index (χ0) is 12.0. The van der Waals surface area contributed by atoms with Crippen molar-refractivity contribution in [2.75, 3.05) is 18.5 Å². The summed E-state index contributed by atoms with van der Waals surface area (Å²) < 4.78 is 0. The van der Waals surface area contributed by atoms with Crippen LogP contribution in [0.25, 0.3) is 0 Å². The molecule has 0 heterocycles. The lowest BCUT2D eigenvalue weighted by Crippen LogP contribution is -2.19. The second-order valence-corrected chi connectivity index (χ2v) is 3.69. The van der Waals surface area contributed by atoms with Crippen molar-refractivity contribution in [1.82, 2.24) is 0 Å². The number of rotatable bonds is 4. The molecule has 0 spiro atoms. The molecule has 0 unspecified atom stereocenters. The molecule has 82 valence electrons. The van der Waals surface area contributed by atoms with Crippen LogP contribution in [0.3, 0.4) is 0 Å². The number of anilines is 1. The predicted molar refractivity (Wildman–Crippen MR) is 64.2 cm³/mol. The summed E-state index contributed by atoms with van der Waals surface area (Å²) in [6.45, 7) is 0.616. The standard InChI is InChI=1S/C12H12ClN3/c1-16(6-2-5-14)12-4-3-10(8-13)7-11(12)9-15/h3-4,7H,2,6,8H2,1H3. The Morgan fingerprint density at radius 3 is 2.69 bits per heavy atom. The monoisotopic (exact) mass is 233 g/mol. The predicted octanol–water partition coefficient (Wildman–Crippen LogP) is 2.65. The Kier molecular flexibility index (Phi) is 4.64. The van der Waals surface area contributed by atoms with Crippen molar-refractivity contribution in [3.8, 4) is 12.1 Å². The van der Waals surface area contributed by atoms with Gasteiger partial charge in [0.15, 0.2) is 0 Å². The molecule has 0 radical (unpaired) electrons. The van der Waals surface area contributed by atoms with Gasteiger partial charge in [0, 0.05) is 19.5 Å². The maximum atomic E-state index is 9.03. The van der Waals surface area contributed by atoms with E-state index in [-0.39, 0.29) is 0 Å². The van der Waals surface area contributed by atoms with E-state index in [1.807, 2.05) is 24.1 Å². The summed E-state index contributed by atoms with van der Waals surface area (Å²) in [5.74, 6) is 0.400. The third-order valence-corrected chi connectivity index (χ3v) is 2.61. The van der Waals surface area contributed by atoms with Crippen molar-refractivity contribution in [2.45, 2.75) is 12.3 Å². The zero-order valence-electron chi connectivity index (χ0n) is 9.07. The van der Waals surface area contributed by atoms with Crippen LogP contribution < -0.4 is 4.90 Å². The van der Waals surface area contributed by atoms with E-state index in [0.717, 1.165) is 11.3 Å². The van der Waals surface area contributed by atoms with Gasteiger partial charge in [0.2, 0.25) is 0 Å². The average molecular weight is 234 g/mol. The number of nitrogens with zero attached hydrogens (tertiary/aromatic N) is 3.